The second kappa shape index (κ2) is 7.72. The van der Waals surface area contributed by atoms with E-state index in [1.807, 2.05) is 6.92 Å². The molecule has 0 spiro atoms. The fourth-order valence-corrected chi connectivity index (χ4v) is 2.55. The normalized spacial score (nSPS) is 13.4. The fourth-order valence-electron chi connectivity index (χ4n) is 1.60. The van der Waals surface area contributed by atoms with E-state index in [4.69, 9.17) is 9.16 Å². The number of H-pyrrole nitrogens is 1. The Morgan fingerprint density at radius 2 is 1.95 bits per heavy atom. The highest BCUT2D eigenvalue weighted by Crippen LogP contribution is 2.26. The van der Waals surface area contributed by atoms with Crippen LogP contribution in [-0.2, 0) is 22.3 Å². The topological polar surface area (TPSA) is 73.3 Å². The summed E-state index contributed by atoms with van der Waals surface area (Å²) in [7, 11) is -1.23. The predicted octanol–water partition coefficient (Wildman–Crippen LogP) is 1.24. The minimum Gasteiger partial charge on any atom is -0.417 e. The summed E-state index contributed by atoms with van der Waals surface area (Å²) < 4.78 is 12.6. The van der Waals surface area contributed by atoms with Gasteiger partial charge in [-0.2, -0.15) is 0 Å². The predicted molar refractivity (Wildman–Crippen MR) is 85.3 cm³/mol. The molecule has 1 unspecified atom stereocenters. The van der Waals surface area contributed by atoms with Gasteiger partial charge in [0.2, 0.25) is 0 Å². The van der Waals surface area contributed by atoms with Crippen LogP contribution >= 0.6 is 0 Å². The number of aryl methyl sites for hydroxylation is 1. The largest absolute Gasteiger partial charge is 0.417 e. The first-order valence-corrected chi connectivity index (χ1v) is 9.48. The standard InChI is InChI=1S/C14H26N2O4Si/c1-6-11-9-16(13(18)15-12(11)17)10-19-7-8-20-21(5)14(2,3)4/h9,21H,6-8,10H2,1-5H3,(H,15,17,18). The minimum absolute atomic E-state index is 0.122. The van der Waals surface area contributed by atoms with Crippen LogP contribution in [0.4, 0.5) is 0 Å². The minimum atomic E-state index is -1.23. The maximum atomic E-state index is 11.6. The van der Waals surface area contributed by atoms with Crippen molar-refractivity contribution in [1.29, 1.82) is 0 Å². The SMILES string of the molecule is CCc1cn(COCCO[SiH](C)C(C)(C)C)c(=O)[nH]c1=O. The zero-order valence-corrected chi connectivity index (χ0v) is 14.7. The Balaban J connectivity index is 2.44. The number of nitrogens with zero attached hydrogens (tertiary/aromatic N) is 1. The van der Waals surface area contributed by atoms with Crippen molar-refractivity contribution >= 4 is 9.04 Å². The van der Waals surface area contributed by atoms with Crippen molar-refractivity contribution in [2.24, 2.45) is 0 Å². The zero-order valence-electron chi connectivity index (χ0n) is 13.6. The third kappa shape index (κ3) is 5.60. The van der Waals surface area contributed by atoms with Crippen molar-refractivity contribution < 1.29 is 9.16 Å². The molecule has 0 saturated heterocycles. The van der Waals surface area contributed by atoms with E-state index in [1.54, 1.807) is 6.20 Å². The van der Waals surface area contributed by atoms with Crippen molar-refractivity contribution in [1.82, 2.24) is 9.55 Å². The molecule has 0 amide bonds. The molecule has 1 aromatic rings. The summed E-state index contributed by atoms with van der Waals surface area (Å²) in [5, 5.41) is 0.228. The van der Waals surface area contributed by atoms with E-state index in [1.165, 1.54) is 4.57 Å². The maximum absolute atomic E-state index is 11.6. The number of aromatic amines is 1. The molecule has 1 atom stereocenters. The van der Waals surface area contributed by atoms with Gasteiger partial charge in [0.1, 0.15) is 6.73 Å². The van der Waals surface area contributed by atoms with E-state index < -0.39 is 14.7 Å². The highest BCUT2D eigenvalue weighted by molar-refractivity contribution is 6.53. The van der Waals surface area contributed by atoms with Crippen molar-refractivity contribution in [3.63, 3.8) is 0 Å². The van der Waals surface area contributed by atoms with Crippen LogP contribution in [-0.4, -0.2) is 31.8 Å². The highest BCUT2D eigenvalue weighted by atomic mass is 28.3. The lowest BCUT2D eigenvalue weighted by Gasteiger charge is -2.25. The summed E-state index contributed by atoms with van der Waals surface area (Å²) in [6, 6.07) is 0. The van der Waals surface area contributed by atoms with Crippen LogP contribution in [0.2, 0.25) is 11.6 Å². The number of rotatable bonds is 7. The van der Waals surface area contributed by atoms with Crippen LogP contribution in [0.25, 0.3) is 0 Å². The van der Waals surface area contributed by atoms with Crippen molar-refractivity contribution in [3.05, 3.63) is 32.6 Å². The van der Waals surface area contributed by atoms with E-state index in [2.05, 4.69) is 32.3 Å². The van der Waals surface area contributed by atoms with Crippen molar-refractivity contribution in [2.75, 3.05) is 13.2 Å². The van der Waals surface area contributed by atoms with Gasteiger partial charge in [0.15, 0.2) is 9.04 Å². The summed E-state index contributed by atoms with van der Waals surface area (Å²) in [5.41, 5.74) is -0.203. The van der Waals surface area contributed by atoms with E-state index >= 15 is 0 Å². The van der Waals surface area contributed by atoms with E-state index in [0.29, 0.717) is 25.2 Å². The number of ether oxygens (including phenoxy) is 1. The van der Waals surface area contributed by atoms with Gasteiger partial charge in [-0.15, -0.1) is 0 Å². The molecule has 0 aliphatic heterocycles. The highest BCUT2D eigenvalue weighted by Gasteiger charge is 2.22. The van der Waals surface area contributed by atoms with Crippen LogP contribution in [0.1, 0.15) is 33.3 Å². The molecular formula is C14H26N2O4Si. The molecule has 7 heteroatoms. The Hall–Kier alpha value is -1.18. The van der Waals surface area contributed by atoms with Gasteiger partial charge >= 0.3 is 5.69 Å². The number of nitrogens with one attached hydrogen (secondary N) is 1. The van der Waals surface area contributed by atoms with E-state index in [-0.39, 0.29) is 17.3 Å². The van der Waals surface area contributed by atoms with Crippen molar-refractivity contribution in [2.45, 2.75) is 52.4 Å². The third-order valence-corrected chi connectivity index (χ3v) is 6.69. The Morgan fingerprint density at radius 1 is 1.29 bits per heavy atom. The lowest BCUT2D eigenvalue weighted by Crippen LogP contribution is -2.32. The molecule has 6 nitrogen and oxygen atoms in total. The van der Waals surface area contributed by atoms with Crippen LogP contribution in [0, 0.1) is 0 Å². The van der Waals surface area contributed by atoms with E-state index in [0.717, 1.165) is 0 Å². The first kappa shape index (κ1) is 17.9. The fraction of sp³-hybridized carbons (Fsp3) is 0.714. The molecule has 1 N–H and O–H groups in total. The van der Waals surface area contributed by atoms with Crippen LogP contribution < -0.4 is 11.2 Å². The summed E-state index contributed by atoms with van der Waals surface area (Å²) >= 11 is 0. The zero-order chi connectivity index (χ0) is 16.0. The molecule has 1 heterocycles. The Labute approximate surface area is 126 Å². The Kier molecular flexibility index (Phi) is 6.57. The second-order valence-electron chi connectivity index (χ2n) is 6.15. The molecule has 0 bridgehead atoms. The molecule has 21 heavy (non-hydrogen) atoms. The summed E-state index contributed by atoms with van der Waals surface area (Å²) in [6.45, 7) is 11.7. The molecule has 0 aliphatic rings. The van der Waals surface area contributed by atoms with Crippen LogP contribution in [0.15, 0.2) is 15.8 Å². The van der Waals surface area contributed by atoms with Gasteiger partial charge in [-0.3, -0.25) is 14.3 Å². The number of hydrogen-bond acceptors (Lipinski definition) is 4. The quantitative estimate of drug-likeness (QED) is 0.607. The second-order valence-corrected chi connectivity index (χ2v) is 9.50. The molecule has 0 aliphatic carbocycles. The molecule has 0 aromatic carbocycles. The maximum Gasteiger partial charge on any atom is 0.330 e. The Morgan fingerprint density at radius 3 is 2.52 bits per heavy atom. The van der Waals surface area contributed by atoms with Gasteiger partial charge < -0.3 is 9.16 Å². The van der Waals surface area contributed by atoms with Gasteiger partial charge in [-0.05, 0) is 18.0 Å². The van der Waals surface area contributed by atoms with Crippen molar-refractivity contribution in [3.8, 4) is 0 Å². The summed E-state index contributed by atoms with van der Waals surface area (Å²) in [5.74, 6) is 0. The molecule has 1 aromatic heterocycles. The molecule has 0 fully saturated rings. The molecule has 1 rings (SSSR count). The molecule has 0 radical (unpaired) electrons. The van der Waals surface area contributed by atoms with Gasteiger partial charge in [0.25, 0.3) is 5.56 Å². The first-order valence-electron chi connectivity index (χ1n) is 7.27. The molecule has 120 valence electrons. The first-order chi connectivity index (χ1) is 9.75. The van der Waals surface area contributed by atoms with Crippen LogP contribution in [0.5, 0.6) is 0 Å². The van der Waals surface area contributed by atoms with Gasteiger partial charge in [0, 0.05) is 11.8 Å². The lowest BCUT2D eigenvalue weighted by atomic mass is 10.3. The number of aromatic nitrogens is 2. The van der Waals surface area contributed by atoms with Gasteiger partial charge in [-0.25, -0.2) is 4.79 Å². The lowest BCUT2D eigenvalue weighted by molar-refractivity contribution is 0.0497. The molecule has 0 saturated carbocycles. The smallest absolute Gasteiger partial charge is 0.330 e. The summed E-state index contributed by atoms with van der Waals surface area (Å²) in [4.78, 5) is 25.3. The van der Waals surface area contributed by atoms with E-state index in [9.17, 15) is 9.59 Å². The monoisotopic (exact) mass is 314 g/mol. The number of hydrogen-bond donors (Lipinski definition) is 1. The molecular weight excluding hydrogens is 288 g/mol. The average Bonchev–Trinajstić information content (AvgIpc) is 2.39. The van der Waals surface area contributed by atoms with Crippen LogP contribution in [0.3, 0.4) is 0 Å². The van der Waals surface area contributed by atoms with Gasteiger partial charge in [-0.1, -0.05) is 27.7 Å². The Bertz CT molecular complexity index is 559. The van der Waals surface area contributed by atoms with Gasteiger partial charge in [0.05, 0.1) is 13.2 Å². The average molecular weight is 314 g/mol. The summed E-state index contributed by atoms with van der Waals surface area (Å²) in [6.07, 6.45) is 2.13. The third-order valence-electron chi connectivity index (χ3n) is 3.51.